The van der Waals surface area contributed by atoms with E-state index in [2.05, 4.69) is 4.74 Å². The molecule has 0 saturated carbocycles. The number of carbonyl (C=O) groups excluding carboxylic acids is 1. The Balaban J connectivity index is 4.06. The highest BCUT2D eigenvalue weighted by atomic mass is 16.5. The van der Waals surface area contributed by atoms with Crippen LogP contribution in [0, 0.1) is 0 Å². The minimum absolute atomic E-state index is 0.0768. The lowest BCUT2D eigenvalue weighted by Gasteiger charge is -2.23. The fraction of sp³-hybridized carbons (Fsp3) is 0.857. The Hall–Kier alpha value is -0.530. The summed E-state index contributed by atoms with van der Waals surface area (Å²) in [4.78, 5) is 10.00. The first-order valence-corrected chi connectivity index (χ1v) is 3.71. The molecule has 4 N–H and O–H groups in total. The van der Waals surface area contributed by atoms with Crippen LogP contribution in [-0.4, -0.2) is 64.8 Å². The zero-order chi connectivity index (χ0) is 10.4. The number of rotatable bonds is 6. The summed E-state index contributed by atoms with van der Waals surface area (Å²) in [6.45, 7) is -0.191. The van der Waals surface area contributed by atoms with Crippen LogP contribution >= 0.6 is 0 Å². The number of aldehydes is 1. The van der Waals surface area contributed by atoms with Gasteiger partial charge in [0.25, 0.3) is 0 Å². The maximum absolute atomic E-state index is 10.00. The van der Waals surface area contributed by atoms with Crippen molar-refractivity contribution < 1.29 is 30.0 Å². The normalized spacial score (nSPS) is 20.4. The summed E-state index contributed by atoms with van der Waals surface area (Å²) in [6.07, 6.45) is -6.29. The molecule has 6 heteroatoms. The van der Waals surface area contributed by atoms with Gasteiger partial charge in [-0.2, -0.15) is 0 Å². The van der Waals surface area contributed by atoms with Crippen molar-refractivity contribution in [2.24, 2.45) is 0 Å². The van der Waals surface area contributed by atoms with Gasteiger partial charge in [-0.05, 0) is 0 Å². The number of hydrogen-bond donors (Lipinski definition) is 4. The van der Waals surface area contributed by atoms with E-state index < -0.39 is 24.4 Å². The molecule has 78 valence electrons. The number of aliphatic hydroxyl groups is 4. The van der Waals surface area contributed by atoms with Gasteiger partial charge in [-0.3, -0.25) is 0 Å². The number of ether oxygens (including phenoxy) is 1. The number of hydrogen-bond acceptors (Lipinski definition) is 6. The predicted octanol–water partition coefficient (Wildman–Crippen LogP) is -2.72. The highest BCUT2D eigenvalue weighted by Crippen LogP contribution is 2.03. The second-order valence-corrected chi connectivity index (χ2v) is 2.63. The van der Waals surface area contributed by atoms with E-state index in [4.69, 9.17) is 20.4 Å². The molecule has 0 fully saturated rings. The molecule has 6 nitrogen and oxygen atoms in total. The molecule has 13 heavy (non-hydrogen) atoms. The first-order chi connectivity index (χ1) is 6.04. The Labute approximate surface area is 75.4 Å². The Morgan fingerprint density at radius 3 is 2.15 bits per heavy atom. The minimum atomic E-state index is -1.71. The molecule has 0 unspecified atom stereocenters. The molecule has 0 aromatic rings. The second kappa shape index (κ2) is 6.01. The van der Waals surface area contributed by atoms with Crippen molar-refractivity contribution in [2.45, 2.75) is 24.4 Å². The lowest BCUT2D eigenvalue weighted by Crippen LogP contribution is -2.46. The average molecular weight is 194 g/mol. The topological polar surface area (TPSA) is 107 Å². The zero-order valence-corrected chi connectivity index (χ0v) is 7.20. The Kier molecular flexibility index (Phi) is 5.76. The highest BCUT2D eigenvalue weighted by molar-refractivity contribution is 5.56. The number of aliphatic hydroxyl groups excluding tert-OH is 4. The summed E-state index contributed by atoms with van der Waals surface area (Å²) < 4.78 is 4.50. The maximum Gasteiger partial charge on any atom is 0.151 e. The monoisotopic (exact) mass is 194 g/mol. The van der Waals surface area contributed by atoms with Gasteiger partial charge in [0.2, 0.25) is 0 Å². The third-order valence-corrected chi connectivity index (χ3v) is 1.57. The van der Waals surface area contributed by atoms with Crippen LogP contribution in [0.15, 0.2) is 0 Å². The lowest BCUT2D eigenvalue weighted by atomic mass is 10.0. The fourth-order valence-corrected chi connectivity index (χ4v) is 0.779. The molecule has 0 heterocycles. The predicted molar refractivity (Wildman–Crippen MR) is 42.0 cm³/mol. The Bertz CT molecular complexity index is 150. The van der Waals surface area contributed by atoms with Gasteiger partial charge in [-0.25, -0.2) is 0 Å². The Morgan fingerprint density at radius 2 is 1.77 bits per heavy atom. The molecule has 0 aromatic heterocycles. The van der Waals surface area contributed by atoms with Crippen molar-refractivity contribution in [2.75, 3.05) is 13.7 Å². The van der Waals surface area contributed by atoms with Crippen LogP contribution < -0.4 is 0 Å². The van der Waals surface area contributed by atoms with Crippen LogP contribution in [-0.2, 0) is 9.53 Å². The van der Waals surface area contributed by atoms with Crippen LogP contribution in [0.5, 0.6) is 0 Å². The van der Waals surface area contributed by atoms with Crippen LogP contribution in [0.25, 0.3) is 0 Å². The summed E-state index contributed by atoms with van der Waals surface area (Å²) in [6, 6.07) is 0. The van der Waals surface area contributed by atoms with E-state index in [1.54, 1.807) is 0 Å². The van der Waals surface area contributed by atoms with Crippen LogP contribution in [0.1, 0.15) is 0 Å². The number of carbonyl (C=O) groups is 1. The maximum atomic E-state index is 10.00. The summed E-state index contributed by atoms with van der Waals surface area (Å²) in [5.74, 6) is 0. The third-order valence-electron chi connectivity index (χ3n) is 1.57. The van der Waals surface area contributed by atoms with Gasteiger partial charge >= 0.3 is 0 Å². The zero-order valence-electron chi connectivity index (χ0n) is 7.20. The molecule has 0 spiro atoms. The van der Waals surface area contributed by atoms with Crippen molar-refractivity contribution in [1.82, 2.24) is 0 Å². The molecule has 0 aliphatic rings. The van der Waals surface area contributed by atoms with E-state index in [-0.39, 0.29) is 12.9 Å². The van der Waals surface area contributed by atoms with E-state index in [0.29, 0.717) is 0 Å². The van der Waals surface area contributed by atoms with Crippen LogP contribution in [0.2, 0.25) is 0 Å². The molecule has 0 rings (SSSR count). The molecule has 0 aliphatic heterocycles. The average Bonchev–Trinajstić information content (AvgIpc) is 2.14. The molecule has 0 saturated heterocycles. The van der Waals surface area contributed by atoms with Crippen molar-refractivity contribution in [3.8, 4) is 0 Å². The SMILES string of the molecule is COC[C@@H](O)[C@H](O)[C@H](O)[C@@H](O)C=O. The molecule has 0 aliphatic carbocycles. The molecule has 4 atom stereocenters. The third kappa shape index (κ3) is 3.79. The van der Waals surface area contributed by atoms with Crippen molar-refractivity contribution >= 4 is 6.29 Å². The van der Waals surface area contributed by atoms with E-state index >= 15 is 0 Å². The molecule has 0 aromatic carbocycles. The van der Waals surface area contributed by atoms with Gasteiger partial charge in [-0.15, -0.1) is 0 Å². The van der Waals surface area contributed by atoms with Gasteiger partial charge in [0, 0.05) is 7.11 Å². The molecule has 0 bridgehead atoms. The largest absolute Gasteiger partial charge is 0.388 e. The van der Waals surface area contributed by atoms with Gasteiger partial charge in [0.1, 0.15) is 24.4 Å². The standard InChI is InChI=1S/C7H14O6/c1-13-3-5(10)7(12)6(11)4(9)2-8/h2,4-7,9-12H,3H2,1H3/t4-,5+,6+,7-/m0/s1. The van der Waals surface area contributed by atoms with Gasteiger partial charge in [-0.1, -0.05) is 0 Å². The smallest absolute Gasteiger partial charge is 0.151 e. The molecule has 0 amide bonds. The molecular formula is C7H14O6. The van der Waals surface area contributed by atoms with Gasteiger partial charge < -0.3 is 30.0 Å². The Morgan fingerprint density at radius 1 is 1.23 bits per heavy atom. The van der Waals surface area contributed by atoms with E-state index in [9.17, 15) is 4.79 Å². The molecular weight excluding hydrogens is 180 g/mol. The van der Waals surface area contributed by atoms with E-state index in [1.807, 2.05) is 0 Å². The van der Waals surface area contributed by atoms with Gasteiger partial charge in [0.05, 0.1) is 6.61 Å². The molecule has 0 radical (unpaired) electrons. The quantitative estimate of drug-likeness (QED) is 0.342. The lowest BCUT2D eigenvalue weighted by molar-refractivity contribution is -0.137. The van der Waals surface area contributed by atoms with Crippen molar-refractivity contribution in [3.63, 3.8) is 0 Å². The van der Waals surface area contributed by atoms with E-state index in [1.165, 1.54) is 7.11 Å². The number of methoxy groups -OCH3 is 1. The summed E-state index contributed by atoms with van der Waals surface area (Å²) in [5.41, 5.74) is 0. The fourth-order valence-electron chi connectivity index (χ4n) is 0.779. The van der Waals surface area contributed by atoms with Crippen molar-refractivity contribution in [3.05, 3.63) is 0 Å². The first kappa shape index (κ1) is 12.5. The minimum Gasteiger partial charge on any atom is -0.388 e. The summed E-state index contributed by atoms with van der Waals surface area (Å²) in [5, 5.41) is 36.0. The first-order valence-electron chi connectivity index (χ1n) is 3.71. The van der Waals surface area contributed by atoms with E-state index in [0.717, 1.165) is 0 Å². The highest BCUT2D eigenvalue weighted by Gasteiger charge is 2.29. The van der Waals surface area contributed by atoms with Crippen LogP contribution in [0.4, 0.5) is 0 Å². The second-order valence-electron chi connectivity index (χ2n) is 2.63. The van der Waals surface area contributed by atoms with Crippen molar-refractivity contribution in [1.29, 1.82) is 0 Å². The summed E-state index contributed by atoms with van der Waals surface area (Å²) >= 11 is 0. The van der Waals surface area contributed by atoms with Gasteiger partial charge in [0.15, 0.2) is 6.29 Å². The summed E-state index contributed by atoms with van der Waals surface area (Å²) in [7, 11) is 1.30. The van der Waals surface area contributed by atoms with Crippen LogP contribution in [0.3, 0.4) is 0 Å².